The summed E-state index contributed by atoms with van der Waals surface area (Å²) in [6.45, 7) is 3.14. The van der Waals surface area contributed by atoms with Crippen molar-refractivity contribution in [3.8, 4) is 0 Å². The smallest absolute Gasteiger partial charge is 0.291 e. The van der Waals surface area contributed by atoms with Crippen LogP contribution < -0.4 is 5.48 Å². The van der Waals surface area contributed by atoms with Crippen molar-refractivity contribution in [1.82, 2.24) is 14.8 Å². The van der Waals surface area contributed by atoms with Gasteiger partial charge in [0.15, 0.2) is 0 Å². The summed E-state index contributed by atoms with van der Waals surface area (Å²) in [4.78, 5) is 19.1. The molecule has 0 aromatic carbocycles. The van der Waals surface area contributed by atoms with Crippen LogP contribution in [0.25, 0.3) is 0 Å². The second-order valence-electron chi connectivity index (χ2n) is 4.22. The van der Waals surface area contributed by atoms with Crippen LogP contribution in [0.2, 0.25) is 0 Å². The van der Waals surface area contributed by atoms with E-state index in [1.165, 1.54) is 16.6 Å². The van der Waals surface area contributed by atoms with Gasteiger partial charge in [0, 0.05) is 19.3 Å². The molecule has 106 valence electrons. The van der Waals surface area contributed by atoms with Crippen molar-refractivity contribution >= 4 is 15.9 Å². The number of amides is 1. The minimum atomic E-state index is -3.49. The molecule has 1 saturated heterocycles. The van der Waals surface area contributed by atoms with Crippen LogP contribution in [-0.4, -0.2) is 43.3 Å². The molecule has 1 aliphatic heterocycles. The fourth-order valence-corrected chi connectivity index (χ4v) is 3.44. The number of sulfonamides is 1. The number of hydroxylamine groups is 1. The van der Waals surface area contributed by atoms with Gasteiger partial charge >= 0.3 is 0 Å². The molecule has 1 amide bonds. The van der Waals surface area contributed by atoms with E-state index in [4.69, 9.17) is 4.84 Å². The van der Waals surface area contributed by atoms with Gasteiger partial charge in [-0.05, 0) is 25.8 Å². The molecule has 1 fully saturated rings. The number of nitrogens with one attached hydrogen (secondary N) is 2. The number of carbonyl (C=O) groups excluding carboxylic acids is 1. The summed E-state index contributed by atoms with van der Waals surface area (Å²) < 4.78 is 25.9. The molecule has 0 atom stereocenters. The molecule has 0 bridgehead atoms. The number of nitrogens with zero attached hydrogens (tertiary/aromatic N) is 1. The van der Waals surface area contributed by atoms with Gasteiger partial charge < -0.3 is 4.98 Å². The number of aromatic amines is 1. The topological polar surface area (TPSA) is 91.5 Å². The van der Waals surface area contributed by atoms with Crippen molar-refractivity contribution in [2.24, 2.45) is 0 Å². The van der Waals surface area contributed by atoms with Gasteiger partial charge in [0.05, 0.1) is 6.61 Å². The molecule has 2 heterocycles. The van der Waals surface area contributed by atoms with Crippen LogP contribution in [0.4, 0.5) is 0 Å². The van der Waals surface area contributed by atoms with Gasteiger partial charge in [-0.1, -0.05) is 0 Å². The van der Waals surface area contributed by atoms with Gasteiger partial charge in [0.1, 0.15) is 10.6 Å². The van der Waals surface area contributed by atoms with Gasteiger partial charge in [0.2, 0.25) is 10.0 Å². The number of hydrogen-bond donors (Lipinski definition) is 2. The van der Waals surface area contributed by atoms with Gasteiger partial charge in [0.25, 0.3) is 5.91 Å². The lowest BCUT2D eigenvalue weighted by Crippen LogP contribution is -2.27. The average molecular weight is 287 g/mol. The lowest BCUT2D eigenvalue weighted by Gasteiger charge is -2.13. The Morgan fingerprint density at radius 3 is 2.79 bits per heavy atom. The Kier molecular flexibility index (Phi) is 4.23. The van der Waals surface area contributed by atoms with Crippen molar-refractivity contribution in [2.45, 2.75) is 24.7 Å². The first-order valence-corrected chi connectivity index (χ1v) is 7.60. The fraction of sp³-hybridized carbons (Fsp3) is 0.545. The Labute approximate surface area is 111 Å². The van der Waals surface area contributed by atoms with E-state index >= 15 is 0 Å². The minimum absolute atomic E-state index is 0.107. The highest BCUT2D eigenvalue weighted by Gasteiger charge is 2.28. The molecule has 1 aromatic heterocycles. The van der Waals surface area contributed by atoms with Crippen LogP contribution in [0.15, 0.2) is 17.2 Å². The van der Waals surface area contributed by atoms with Crippen LogP contribution in [-0.2, 0) is 14.9 Å². The molecule has 7 nitrogen and oxygen atoms in total. The predicted octanol–water partition coefficient (Wildman–Crippen LogP) is 0.480. The van der Waals surface area contributed by atoms with Crippen molar-refractivity contribution in [1.29, 1.82) is 0 Å². The molecule has 0 spiro atoms. The van der Waals surface area contributed by atoms with Crippen LogP contribution in [0, 0.1) is 0 Å². The molecule has 19 heavy (non-hydrogen) atoms. The van der Waals surface area contributed by atoms with Gasteiger partial charge in [-0.2, -0.15) is 4.31 Å². The number of H-pyrrole nitrogens is 1. The van der Waals surface area contributed by atoms with E-state index in [9.17, 15) is 13.2 Å². The Morgan fingerprint density at radius 1 is 1.47 bits per heavy atom. The standard InChI is InChI=1S/C11H17N3O4S/c1-2-18-13-11(15)10-7-9(8-12-10)19(16,17)14-5-3-4-6-14/h7-8,12H,2-6H2,1H3,(H,13,15). The highest BCUT2D eigenvalue weighted by molar-refractivity contribution is 7.89. The van der Waals surface area contributed by atoms with E-state index in [-0.39, 0.29) is 10.6 Å². The summed E-state index contributed by atoms with van der Waals surface area (Å²) in [6.07, 6.45) is 3.08. The number of aromatic nitrogens is 1. The Hall–Kier alpha value is -1.38. The zero-order valence-corrected chi connectivity index (χ0v) is 11.5. The predicted molar refractivity (Wildman–Crippen MR) is 67.9 cm³/mol. The third-order valence-electron chi connectivity index (χ3n) is 2.91. The van der Waals surface area contributed by atoms with E-state index in [1.807, 2.05) is 0 Å². The number of hydrogen-bond acceptors (Lipinski definition) is 4. The van der Waals surface area contributed by atoms with E-state index < -0.39 is 15.9 Å². The van der Waals surface area contributed by atoms with E-state index in [2.05, 4.69) is 10.5 Å². The van der Waals surface area contributed by atoms with Crippen molar-refractivity contribution < 1.29 is 18.0 Å². The maximum Gasteiger partial charge on any atom is 0.291 e. The fourth-order valence-electron chi connectivity index (χ4n) is 1.92. The monoisotopic (exact) mass is 287 g/mol. The van der Waals surface area contributed by atoms with Crippen molar-refractivity contribution in [3.63, 3.8) is 0 Å². The zero-order valence-electron chi connectivity index (χ0n) is 10.7. The largest absolute Gasteiger partial charge is 0.356 e. The van der Waals surface area contributed by atoms with E-state index in [0.29, 0.717) is 19.7 Å². The summed E-state index contributed by atoms with van der Waals surface area (Å²) >= 11 is 0. The second-order valence-corrected chi connectivity index (χ2v) is 6.16. The molecule has 0 saturated carbocycles. The first kappa shape index (κ1) is 14.0. The van der Waals surface area contributed by atoms with Crippen LogP contribution >= 0.6 is 0 Å². The lowest BCUT2D eigenvalue weighted by molar-refractivity contribution is 0.0360. The molecule has 2 N–H and O–H groups in total. The zero-order chi connectivity index (χ0) is 13.9. The number of rotatable bonds is 5. The Balaban J connectivity index is 2.14. The van der Waals surface area contributed by atoms with E-state index in [0.717, 1.165) is 12.8 Å². The first-order chi connectivity index (χ1) is 9.05. The van der Waals surface area contributed by atoms with Crippen LogP contribution in [0.1, 0.15) is 30.3 Å². The summed E-state index contributed by atoms with van der Waals surface area (Å²) in [5, 5.41) is 0. The van der Waals surface area contributed by atoms with Crippen molar-refractivity contribution in [2.75, 3.05) is 19.7 Å². The molecular formula is C11H17N3O4S. The molecule has 8 heteroatoms. The summed E-state index contributed by atoms with van der Waals surface area (Å²) in [7, 11) is -3.49. The normalized spacial score (nSPS) is 16.7. The minimum Gasteiger partial charge on any atom is -0.356 e. The average Bonchev–Trinajstić information content (AvgIpc) is 3.05. The van der Waals surface area contributed by atoms with Crippen LogP contribution in [0.5, 0.6) is 0 Å². The maximum absolute atomic E-state index is 12.2. The number of carbonyl (C=O) groups is 1. The van der Waals surface area contributed by atoms with Gasteiger partial charge in [-0.25, -0.2) is 13.9 Å². The lowest BCUT2D eigenvalue weighted by atomic mass is 10.4. The third-order valence-corrected chi connectivity index (χ3v) is 4.79. The molecule has 1 aromatic rings. The van der Waals surface area contributed by atoms with Crippen molar-refractivity contribution in [3.05, 3.63) is 18.0 Å². The summed E-state index contributed by atoms with van der Waals surface area (Å²) in [5.41, 5.74) is 2.36. The van der Waals surface area contributed by atoms with Gasteiger partial charge in [-0.15, -0.1) is 0 Å². The molecule has 2 rings (SSSR count). The second kappa shape index (κ2) is 5.72. The third kappa shape index (κ3) is 2.96. The SMILES string of the molecule is CCONC(=O)c1cc(S(=O)(=O)N2CCCC2)c[nH]1. The molecule has 0 unspecified atom stereocenters. The summed E-state index contributed by atoms with van der Waals surface area (Å²) in [5.74, 6) is -0.496. The molecule has 0 radical (unpaired) electrons. The van der Waals surface area contributed by atoms with Gasteiger partial charge in [-0.3, -0.25) is 9.63 Å². The first-order valence-electron chi connectivity index (χ1n) is 6.16. The molecular weight excluding hydrogens is 270 g/mol. The van der Waals surface area contributed by atoms with Crippen LogP contribution in [0.3, 0.4) is 0 Å². The quantitative estimate of drug-likeness (QED) is 0.771. The maximum atomic E-state index is 12.2. The Morgan fingerprint density at radius 2 is 2.16 bits per heavy atom. The highest BCUT2D eigenvalue weighted by atomic mass is 32.2. The molecule has 1 aliphatic rings. The summed E-state index contributed by atoms with van der Waals surface area (Å²) in [6, 6.07) is 1.32. The van der Waals surface area contributed by atoms with E-state index in [1.54, 1.807) is 6.92 Å². The Bertz CT molecular complexity index is 546. The molecule has 0 aliphatic carbocycles. The highest BCUT2D eigenvalue weighted by Crippen LogP contribution is 2.21.